The van der Waals surface area contributed by atoms with Gasteiger partial charge in [0.15, 0.2) is 0 Å². The summed E-state index contributed by atoms with van der Waals surface area (Å²) in [6.07, 6.45) is 8.52. The molecule has 0 spiro atoms. The third kappa shape index (κ3) is 2.67. The van der Waals surface area contributed by atoms with Gasteiger partial charge in [0, 0.05) is 44.5 Å². The minimum absolute atomic E-state index is 0.286. The third-order valence-electron chi connectivity index (χ3n) is 5.09. The maximum atomic E-state index is 6.15. The minimum atomic E-state index is 0.286. The topological polar surface area (TPSA) is 45.4 Å². The van der Waals surface area contributed by atoms with Crippen molar-refractivity contribution in [2.24, 2.45) is 5.73 Å². The van der Waals surface area contributed by atoms with Gasteiger partial charge in [-0.05, 0) is 25.0 Å². The summed E-state index contributed by atoms with van der Waals surface area (Å²) in [6.45, 7) is 5.19. The molecule has 110 valence electrons. The Morgan fingerprint density at radius 2 is 1.80 bits per heavy atom. The van der Waals surface area contributed by atoms with E-state index in [1.807, 2.05) is 12.3 Å². The fraction of sp³-hybridized carbons (Fsp3) is 0.688. The van der Waals surface area contributed by atoms with Crippen molar-refractivity contribution >= 4 is 5.82 Å². The lowest BCUT2D eigenvalue weighted by Gasteiger charge is -2.49. The van der Waals surface area contributed by atoms with Crippen LogP contribution >= 0.6 is 0 Å². The molecule has 0 bridgehead atoms. The lowest BCUT2D eigenvalue weighted by Crippen LogP contribution is -2.61. The fourth-order valence-corrected chi connectivity index (χ4v) is 3.81. The molecule has 1 saturated heterocycles. The van der Waals surface area contributed by atoms with Gasteiger partial charge in [-0.3, -0.25) is 4.90 Å². The van der Waals surface area contributed by atoms with Gasteiger partial charge in [0.05, 0.1) is 0 Å². The van der Waals surface area contributed by atoms with E-state index in [0.29, 0.717) is 0 Å². The molecule has 2 aliphatic rings. The molecule has 20 heavy (non-hydrogen) atoms. The maximum absolute atomic E-state index is 6.15. The van der Waals surface area contributed by atoms with Crippen LogP contribution in [-0.4, -0.2) is 48.1 Å². The Morgan fingerprint density at radius 3 is 2.40 bits per heavy atom. The number of nitrogens with two attached hydrogens (primary N) is 1. The summed E-state index contributed by atoms with van der Waals surface area (Å²) >= 11 is 0. The lowest BCUT2D eigenvalue weighted by atomic mass is 9.80. The molecule has 0 aromatic carbocycles. The highest BCUT2D eigenvalue weighted by Gasteiger charge is 2.38. The van der Waals surface area contributed by atoms with E-state index in [1.54, 1.807) is 0 Å². The van der Waals surface area contributed by atoms with E-state index >= 15 is 0 Å². The molecule has 1 aromatic rings. The van der Waals surface area contributed by atoms with E-state index in [0.717, 1.165) is 38.5 Å². The molecule has 1 aromatic heterocycles. The first-order valence-electron chi connectivity index (χ1n) is 7.95. The van der Waals surface area contributed by atoms with Crippen molar-refractivity contribution in [2.75, 3.05) is 37.6 Å². The first-order chi connectivity index (χ1) is 9.84. The Bertz CT molecular complexity index is 406. The normalized spacial score (nSPS) is 23.8. The molecule has 1 aliphatic carbocycles. The summed E-state index contributed by atoms with van der Waals surface area (Å²) < 4.78 is 0. The van der Waals surface area contributed by atoms with Crippen LogP contribution in [0.3, 0.4) is 0 Å². The number of aromatic nitrogens is 1. The fourth-order valence-electron chi connectivity index (χ4n) is 3.81. The van der Waals surface area contributed by atoms with Gasteiger partial charge < -0.3 is 10.6 Å². The van der Waals surface area contributed by atoms with Crippen LogP contribution in [0.1, 0.15) is 32.1 Å². The van der Waals surface area contributed by atoms with E-state index in [-0.39, 0.29) is 5.54 Å². The number of anilines is 1. The van der Waals surface area contributed by atoms with Gasteiger partial charge in [-0.15, -0.1) is 0 Å². The zero-order valence-electron chi connectivity index (χ0n) is 12.3. The summed E-state index contributed by atoms with van der Waals surface area (Å²) in [6, 6.07) is 6.15. The second-order valence-electron chi connectivity index (χ2n) is 6.15. The number of hydrogen-bond acceptors (Lipinski definition) is 4. The Balaban J connectivity index is 1.63. The summed E-state index contributed by atoms with van der Waals surface area (Å²) in [7, 11) is 0. The van der Waals surface area contributed by atoms with E-state index in [4.69, 9.17) is 5.73 Å². The van der Waals surface area contributed by atoms with Crippen molar-refractivity contribution in [1.82, 2.24) is 9.88 Å². The van der Waals surface area contributed by atoms with Crippen molar-refractivity contribution in [3.05, 3.63) is 24.4 Å². The largest absolute Gasteiger partial charge is 0.354 e. The molecule has 0 atom stereocenters. The van der Waals surface area contributed by atoms with Crippen LogP contribution in [0.4, 0.5) is 5.82 Å². The molecular weight excluding hydrogens is 248 g/mol. The van der Waals surface area contributed by atoms with E-state index in [9.17, 15) is 0 Å². The van der Waals surface area contributed by atoms with Gasteiger partial charge in [-0.25, -0.2) is 4.98 Å². The molecule has 2 N–H and O–H groups in total. The minimum Gasteiger partial charge on any atom is -0.354 e. The molecule has 3 rings (SSSR count). The predicted octanol–water partition coefficient (Wildman–Crippen LogP) is 1.87. The highest BCUT2D eigenvalue weighted by molar-refractivity contribution is 5.38. The molecule has 1 saturated carbocycles. The highest BCUT2D eigenvalue weighted by atomic mass is 15.3. The zero-order valence-corrected chi connectivity index (χ0v) is 12.3. The average Bonchev–Trinajstić information content (AvgIpc) is 2.56. The summed E-state index contributed by atoms with van der Waals surface area (Å²) in [5, 5.41) is 0. The first-order valence-corrected chi connectivity index (χ1v) is 7.95. The SMILES string of the molecule is NCC1(N2CCN(c3ccccn3)CC2)CCCCC1. The average molecular weight is 274 g/mol. The molecule has 0 unspecified atom stereocenters. The van der Waals surface area contributed by atoms with Crippen molar-refractivity contribution in [2.45, 2.75) is 37.6 Å². The number of pyridine rings is 1. The highest BCUT2D eigenvalue weighted by Crippen LogP contribution is 2.33. The smallest absolute Gasteiger partial charge is 0.128 e. The van der Waals surface area contributed by atoms with Gasteiger partial charge in [0.25, 0.3) is 0 Å². The third-order valence-corrected chi connectivity index (χ3v) is 5.09. The Kier molecular flexibility index (Phi) is 4.22. The quantitative estimate of drug-likeness (QED) is 0.914. The predicted molar refractivity (Wildman–Crippen MR) is 82.9 cm³/mol. The van der Waals surface area contributed by atoms with Gasteiger partial charge in [-0.2, -0.15) is 0 Å². The second-order valence-corrected chi connectivity index (χ2v) is 6.15. The molecule has 0 radical (unpaired) electrons. The number of nitrogens with zero attached hydrogens (tertiary/aromatic N) is 3. The number of hydrogen-bond donors (Lipinski definition) is 1. The van der Waals surface area contributed by atoms with Crippen LogP contribution < -0.4 is 10.6 Å². The van der Waals surface area contributed by atoms with Gasteiger partial charge in [0.2, 0.25) is 0 Å². The molecule has 2 fully saturated rings. The van der Waals surface area contributed by atoms with Crippen molar-refractivity contribution in [1.29, 1.82) is 0 Å². The molecule has 1 aliphatic heterocycles. The number of rotatable bonds is 3. The lowest BCUT2D eigenvalue weighted by molar-refractivity contribution is 0.0517. The van der Waals surface area contributed by atoms with Gasteiger partial charge >= 0.3 is 0 Å². The van der Waals surface area contributed by atoms with Crippen molar-refractivity contribution in [3.8, 4) is 0 Å². The monoisotopic (exact) mass is 274 g/mol. The van der Waals surface area contributed by atoms with Crippen molar-refractivity contribution < 1.29 is 0 Å². The number of piperazine rings is 1. The van der Waals surface area contributed by atoms with Crippen LogP contribution in [0.25, 0.3) is 0 Å². The van der Waals surface area contributed by atoms with E-state index < -0.39 is 0 Å². The van der Waals surface area contributed by atoms with E-state index in [1.165, 1.54) is 32.1 Å². The van der Waals surface area contributed by atoms with Crippen LogP contribution in [0, 0.1) is 0 Å². The Morgan fingerprint density at radius 1 is 1.05 bits per heavy atom. The maximum Gasteiger partial charge on any atom is 0.128 e. The molecular formula is C16H26N4. The molecule has 2 heterocycles. The zero-order chi connectivity index (χ0) is 13.8. The Hall–Kier alpha value is -1.13. The summed E-state index contributed by atoms with van der Waals surface area (Å²) in [5.74, 6) is 1.11. The Labute approximate surface area is 122 Å². The molecule has 4 heteroatoms. The summed E-state index contributed by atoms with van der Waals surface area (Å²) in [4.78, 5) is 9.51. The first kappa shape index (κ1) is 13.8. The van der Waals surface area contributed by atoms with Crippen LogP contribution in [0.15, 0.2) is 24.4 Å². The van der Waals surface area contributed by atoms with Gasteiger partial charge in [0.1, 0.15) is 5.82 Å². The van der Waals surface area contributed by atoms with Crippen LogP contribution in [0.2, 0.25) is 0 Å². The van der Waals surface area contributed by atoms with Gasteiger partial charge in [-0.1, -0.05) is 25.3 Å². The molecule has 4 nitrogen and oxygen atoms in total. The van der Waals surface area contributed by atoms with Crippen molar-refractivity contribution in [3.63, 3.8) is 0 Å². The van der Waals surface area contributed by atoms with Crippen LogP contribution in [-0.2, 0) is 0 Å². The molecule has 0 amide bonds. The van der Waals surface area contributed by atoms with Crippen LogP contribution in [0.5, 0.6) is 0 Å². The summed E-state index contributed by atoms with van der Waals surface area (Å²) in [5.41, 5.74) is 6.43. The van der Waals surface area contributed by atoms with E-state index in [2.05, 4.69) is 26.9 Å². The second kappa shape index (κ2) is 6.10. The standard InChI is InChI=1S/C16H26N4/c17-14-16(7-3-1-4-8-16)20-12-10-19(11-13-20)15-6-2-5-9-18-15/h2,5-6,9H,1,3-4,7-8,10-14,17H2.